The van der Waals surface area contributed by atoms with Crippen LogP contribution in [0.15, 0.2) is 61.7 Å². The van der Waals surface area contributed by atoms with E-state index < -0.39 is 24.3 Å². The zero-order valence-electron chi connectivity index (χ0n) is 14.9. The Morgan fingerprint density at radius 3 is 1.24 bits per heavy atom. The fraction of sp³-hybridized carbons (Fsp3) is 0. The van der Waals surface area contributed by atoms with Crippen molar-refractivity contribution in [2.45, 2.75) is 0 Å². The van der Waals surface area contributed by atoms with E-state index in [1.54, 1.807) is 0 Å². The summed E-state index contributed by atoms with van der Waals surface area (Å²) in [5, 5.41) is 4.95. The van der Waals surface area contributed by atoms with Crippen LogP contribution in [-0.2, 0) is 22.3 Å². The van der Waals surface area contributed by atoms with Gasteiger partial charge in [0, 0.05) is 17.8 Å². The maximum atomic E-state index is 10.3. The Hall–Kier alpha value is -2.11. The molecule has 3 N–H and O–H groups in total. The molecule has 0 heterocycles. The molecule has 0 amide bonds. The highest BCUT2D eigenvalue weighted by molar-refractivity contribution is 7.60. The molecule has 0 fully saturated rings. The molecule has 8 nitrogen and oxygen atoms in total. The van der Waals surface area contributed by atoms with Crippen LogP contribution in [0.3, 0.4) is 0 Å². The third-order valence-corrected chi connectivity index (χ3v) is 6.54. The van der Waals surface area contributed by atoms with Gasteiger partial charge in [-0.2, -0.15) is 0 Å². The third kappa shape index (κ3) is 5.94. The number of rotatable bonds is 6. The summed E-state index contributed by atoms with van der Waals surface area (Å²) in [5.74, 6) is 0. The van der Waals surface area contributed by atoms with Crippen LogP contribution in [-0.4, -0.2) is 14.7 Å². The van der Waals surface area contributed by atoms with E-state index in [1.807, 2.05) is 12.2 Å². The maximum Gasteiger partial charge on any atom is 0.705 e. The molecule has 0 spiro atoms. The van der Waals surface area contributed by atoms with Gasteiger partial charge in [0.2, 0.25) is 0 Å². The van der Waals surface area contributed by atoms with Gasteiger partial charge in [0.1, 0.15) is 0 Å². The van der Waals surface area contributed by atoms with Gasteiger partial charge in [-0.05, 0) is 32.7 Å². The molecular weight excluding hydrogens is 437 g/mol. The predicted molar refractivity (Wildman–Crippen MR) is 113 cm³/mol. The molecule has 0 bridgehead atoms. The summed E-state index contributed by atoms with van der Waals surface area (Å²) in [4.78, 5) is 24.1. The first-order chi connectivity index (χ1) is 13.7. The normalized spacial score (nSPS) is 13.8. The van der Waals surface area contributed by atoms with E-state index in [4.69, 9.17) is 14.7 Å². The van der Waals surface area contributed by atoms with Crippen LogP contribution in [0.25, 0.3) is 33.7 Å². The molecule has 0 saturated carbocycles. The topological polar surface area (TPSA) is 130 Å². The smallest absolute Gasteiger partial charge is 0.297 e. The van der Waals surface area contributed by atoms with E-state index in [2.05, 4.69) is 70.3 Å². The van der Waals surface area contributed by atoms with E-state index in [0.717, 1.165) is 0 Å². The number of hydrogen-bond donors (Lipinski definition) is 3. The van der Waals surface area contributed by atoms with Crippen LogP contribution in [0.2, 0.25) is 0 Å². The predicted octanol–water partition coefficient (Wildman–Crippen LogP) is 5.70. The van der Waals surface area contributed by atoms with Crippen LogP contribution in [0, 0.1) is 0 Å². The minimum Gasteiger partial charge on any atom is -0.297 e. The summed E-state index contributed by atoms with van der Waals surface area (Å²) in [7, 11) is -11.6. The van der Waals surface area contributed by atoms with Gasteiger partial charge < -0.3 is 0 Å². The third-order valence-electron chi connectivity index (χ3n) is 3.77. The van der Waals surface area contributed by atoms with E-state index in [-0.39, 0.29) is 0 Å². The largest absolute Gasteiger partial charge is 0.705 e. The number of benzene rings is 3. The zero-order chi connectivity index (χ0) is 21.6. The van der Waals surface area contributed by atoms with E-state index in [0.29, 0.717) is 0 Å². The number of phosphoric acid groups is 1. The van der Waals surface area contributed by atoms with Crippen molar-refractivity contribution in [2.24, 2.45) is 0 Å². The maximum absolute atomic E-state index is 10.3. The van der Waals surface area contributed by atoms with Gasteiger partial charge in [-0.3, -0.25) is 4.89 Å². The molecule has 0 aromatic heterocycles. The molecule has 150 valence electrons. The second-order valence-electron chi connectivity index (χ2n) is 5.43. The first kappa shape index (κ1) is 23.2. The first-order valence-corrected chi connectivity index (χ1v) is 11.7. The minimum absolute atomic E-state index is 1.20. The van der Waals surface area contributed by atoms with Crippen molar-refractivity contribution >= 4 is 58.0 Å². The van der Waals surface area contributed by atoms with Crippen LogP contribution in [0.4, 0.5) is 0 Å². The summed E-state index contributed by atoms with van der Waals surface area (Å²) in [5.41, 5.74) is 2.40. The summed E-state index contributed by atoms with van der Waals surface area (Å²) >= 11 is 0. The van der Waals surface area contributed by atoms with Gasteiger partial charge in [0.05, 0.1) is 0 Å². The highest BCUT2D eigenvalue weighted by atomic mass is 31.3. The second-order valence-corrected chi connectivity index (χ2v) is 8.63. The average molecular weight is 454 g/mol. The van der Waals surface area contributed by atoms with Crippen molar-refractivity contribution in [1.29, 1.82) is 0 Å². The molecule has 3 aromatic rings. The van der Waals surface area contributed by atoms with Crippen LogP contribution >= 0.6 is 24.3 Å². The Morgan fingerprint density at radius 2 is 1.03 bits per heavy atom. The zero-order valence-corrected chi connectivity index (χ0v) is 17.6. The van der Waals surface area contributed by atoms with E-state index >= 15 is 0 Å². The Labute approximate surface area is 168 Å². The molecule has 11 heteroatoms. The SMILES string of the molecule is C=Cc1c2ccccc2c(C=C)c2ccccc12.O=[P+](O)OP(=O)(O)O[P+](=O)O. The monoisotopic (exact) mass is 454 g/mol. The molecule has 0 aliphatic rings. The van der Waals surface area contributed by atoms with Crippen LogP contribution in [0.5, 0.6) is 0 Å². The Kier molecular flexibility index (Phi) is 8.05. The van der Waals surface area contributed by atoms with E-state index in [1.165, 1.54) is 32.7 Å². The fourth-order valence-corrected chi connectivity index (χ4v) is 4.63. The lowest BCUT2D eigenvalue weighted by atomic mass is 9.92. The molecule has 2 unspecified atom stereocenters. The number of fused-ring (bicyclic) bond motifs is 2. The first-order valence-electron chi connectivity index (χ1n) is 7.93. The number of hydrogen-bond acceptors (Lipinski definition) is 5. The molecule has 0 radical (unpaired) electrons. The van der Waals surface area contributed by atoms with Crippen molar-refractivity contribution < 1.29 is 37.0 Å². The minimum atomic E-state index is -4.87. The van der Waals surface area contributed by atoms with Crippen molar-refractivity contribution in [2.75, 3.05) is 0 Å². The van der Waals surface area contributed by atoms with Crippen LogP contribution in [0.1, 0.15) is 11.1 Å². The highest BCUT2D eigenvalue weighted by Crippen LogP contribution is 2.55. The standard InChI is InChI=1S/C18H14.HO8P3/c1-3-13-15-9-5-7-11-17(15)14(4-2)18-12-8-6-10-16(13)18;1-9(2)7-11(5,6)8-10(3)4/h3-12H,1-2H2;(H-2,1,2,3,4,5,6)/p+2. The highest BCUT2D eigenvalue weighted by Gasteiger charge is 2.43. The molecule has 0 aliphatic heterocycles. The molecular formula is C18H17O8P3+2. The van der Waals surface area contributed by atoms with Gasteiger partial charge >= 0.3 is 24.3 Å². The quantitative estimate of drug-likeness (QED) is 0.320. The van der Waals surface area contributed by atoms with Gasteiger partial charge in [0.15, 0.2) is 0 Å². The van der Waals surface area contributed by atoms with Crippen molar-refractivity contribution in [1.82, 2.24) is 0 Å². The van der Waals surface area contributed by atoms with Gasteiger partial charge in [0.25, 0.3) is 0 Å². The van der Waals surface area contributed by atoms with Crippen molar-refractivity contribution in [3.63, 3.8) is 0 Å². The van der Waals surface area contributed by atoms with Crippen molar-refractivity contribution in [3.8, 4) is 0 Å². The molecule has 2 atom stereocenters. The summed E-state index contributed by atoms with van der Waals surface area (Å²) in [6.45, 7) is 7.92. The Bertz CT molecular complexity index is 1020. The van der Waals surface area contributed by atoms with E-state index in [9.17, 15) is 13.7 Å². The lowest BCUT2D eigenvalue weighted by molar-refractivity contribution is 0.271. The Morgan fingerprint density at radius 1 is 0.759 bits per heavy atom. The molecule has 3 aromatic carbocycles. The second kappa shape index (κ2) is 10.1. The lowest BCUT2D eigenvalue weighted by Crippen LogP contribution is -1.87. The molecule has 29 heavy (non-hydrogen) atoms. The van der Waals surface area contributed by atoms with Gasteiger partial charge in [-0.25, -0.2) is 4.57 Å². The fourth-order valence-electron chi connectivity index (χ4n) is 2.83. The van der Waals surface area contributed by atoms with Gasteiger partial charge in [-0.1, -0.05) is 73.8 Å². The summed E-state index contributed by atoms with van der Waals surface area (Å²) < 4.78 is 36.4. The average Bonchev–Trinajstić information content (AvgIpc) is 2.64. The van der Waals surface area contributed by atoms with Crippen LogP contribution < -0.4 is 0 Å². The molecule has 0 aliphatic carbocycles. The van der Waals surface area contributed by atoms with Gasteiger partial charge in [-0.15, -0.1) is 9.79 Å². The molecule has 3 rings (SSSR count). The lowest BCUT2D eigenvalue weighted by Gasteiger charge is -2.12. The Balaban J connectivity index is 0.000000237. The van der Waals surface area contributed by atoms with Crippen molar-refractivity contribution in [3.05, 3.63) is 72.8 Å². The summed E-state index contributed by atoms with van der Waals surface area (Å²) in [6.07, 6.45) is 3.88. The summed E-state index contributed by atoms with van der Waals surface area (Å²) in [6, 6.07) is 16.8. The molecule has 0 saturated heterocycles.